The summed E-state index contributed by atoms with van der Waals surface area (Å²) in [6, 6.07) is 26.6. The van der Waals surface area contributed by atoms with E-state index in [1.165, 1.54) is 0 Å². The second-order valence-corrected chi connectivity index (χ2v) is 8.42. The number of aromatic nitrogens is 3. The van der Waals surface area contributed by atoms with Gasteiger partial charge in [-0.05, 0) is 55.0 Å². The number of halogens is 1. The number of ether oxygens (including phenoxy) is 1. The van der Waals surface area contributed by atoms with E-state index >= 15 is 0 Å². The maximum atomic E-state index is 13.5. The molecular weight excluding hydrogens is 460 g/mol. The van der Waals surface area contributed by atoms with Crippen molar-refractivity contribution in [2.75, 3.05) is 6.61 Å². The second kappa shape index (κ2) is 9.99. The molecule has 0 fully saturated rings. The predicted molar refractivity (Wildman–Crippen MR) is 139 cm³/mol. The van der Waals surface area contributed by atoms with Crippen molar-refractivity contribution < 1.29 is 9.53 Å². The summed E-state index contributed by atoms with van der Waals surface area (Å²) in [4.78, 5) is 18.2. The minimum absolute atomic E-state index is 0.204. The average molecular weight is 483 g/mol. The van der Waals surface area contributed by atoms with Gasteiger partial charge in [-0.2, -0.15) is 5.10 Å². The van der Waals surface area contributed by atoms with E-state index < -0.39 is 0 Å². The van der Waals surface area contributed by atoms with Gasteiger partial charge in [-0.3, -0.25) is 9.89 Å². The Labute approximate surface area is 207 Å². The molecule has 0 saturated carbocycles. The molecule has 3 aromatic carbocycles. The molecule has 2 heterocycles. The third-order valence-corrected chi connectivity index (χ3v) is 5.91. The Morgan fingerprint density at radius 1 is 0.971 bits per heavy atom. The van der Waals surface area contributed by atoms with Crippen LogP contribution in [0.1, 0.15) is 22.8 Å². The van der Waals surface area contributed by atoms with Gasteiger partial charge in [0, 0.05) is 22.7 Å². The van der Waals surface area contributed by atoms with E-state index in [2.05, 4.69) is 15.5 Å². The van der Waals surface area contributed by atoms with Crippen LogP contribution in [-0.4, -0.2) is 27.7 Å². The number of aromatic amines is 1. The van der Waals surface area contributed by atoms with Gasteiger partial charge in [0.25, 0.3) is 5.91 Å². The first-order valence-corrected chi connectivity index (χ1v) is 11.7. The molecule has 6 nitrogen and oxygen atoms in total. The number of hydrogen-bond acceptors (Lipinski definition) is 4. The standard InChI is InChI=1S/C28H23ClN4O2/c1-2-35-22-14-10-19(11-15-22)24-16-23(28(34)30-17-18-6-4-3-5-7-18)25-26(32-33-27(25)31-24)20-8-12-21(29)13-9-20/h3-16H,2,17H2,1H3,(H,30,34)(H,31,32,33). The Morgan fingerprint density at radius 2 is 1.69 bits per heavy atom. The Bertz CT molecular complexity index is 1460. The number of nitrogens with one attached hydrogen (secondary N) is 2. The average Bonchev–Trinajstić information content (AvgIpc) is 3.32. The third-order valence-electron chi connectivity index (χ3n) is 5.66. The molecule has 2 aromatic heterocycles. The summed E-state index contributed by atoms with van der Waals surface area (Å²) in [5, 5.41) is 11.8. The quantitative estimate of drug-likeness (QED) is 0.286. The highest BCUT2D eigenvalue weighted by Gasteiger charge is 2.20. The third kappa shape index (κ3) is 4.88. The van der Waals surface area contributed by atoms with Gasteiger partial charge in [0.15, 0.2) is 5.65 Å². The van der Waals surface area contributed by atoms with Crippen LogP contribution in [-0.2, 0) is 6.54 Å². The van der Waals surface area contributed by atoms with Crippen molar-refractivity contribution in [3.63, 3.8) is 0 Å². The Balaban J connectivity index is 1.59. The number of nitrogens with zero attached hydrogens (tertiary/aromatic N) is 2. The molecule has 5 aromatic rings. The summed E-state index contributed by atoms with van der Waals surface area (Å²) in [5.74, 6) is 0.577. The van der Waals surface area contributed by atoms with Crippen molar-refractivity contribution in [3.05, 3.63) is 101 Å². The van der Waals surface area contributed by atoms with E-state index in [-0.39, 0.29) is 5.91 Å². The number of carbonyl (C=O) groups excluding carboxylic acids is 1. The summed E-state index contributed by atoms with van der Waals surface area (Å²) >= 11 is 6.08. The largest absolute Gasteiger partial charge is 0.494 e. The van der Waals surface area contributed by atoms with Crippen LogP contribution in [0.5, 0.6) is 5.75 Å². The first-order chi connectivity index (χ1) is 17.1. The van der Waals surface area contributed by atoms with Gasteiger partial charge in [-0.15, -0.1) is 0 Å². The van der Waals surface area contributed by atoms with E-state index in [1.54, 1.807) is 12.1 Å². The molecular formula is C28H23ClN4O2. The summed E-state index contributed by atoms with van der Waals surface area (Å²) in [7, 11) is 0. The number of hydrogen-bond donors (Lipinski definition) is 2. The minimum atomic E-state index is -0.204. The molecule has 2 N–H and O–H groups in total. The number of benzene rings is 3. The highest BCUT2D eigenvalue weighted by Crippen LogP contribution is 2.32. The predicted octanol–water partition coefficient (Wildman–Crippen LogP) is 6.27. The number of H-pyrrole nitrogens is 1. The van der Waals surface area contributed by atoms with Gasteiger partial charge in [0.1, 0.15) is 5.75 Å². The molecule has 0 radical (unpaired) electrons. The fraction of sp³-hybridized carbons (Fsp3) is 0.107. The van der Waals surface area contributed by atoms with Crippen LogP contribution in [0, 0.1) is 0 Å². The first-order valence-electron chi connectivity index (χ1n) is 11.3. The van der Waals surface area contributed by atoms with E-state index in [0.29, 0.717) is 46.2 Å². The van der Waals surface area contributed by atoms with Gasteiger partial charge >= 0.3 is 0 Å². The molecule has 0 aliphatic heterocycles. The van der Waals surface area contributed by atoms with Gasteiger partial charge in [-0.25, -0.2) is 4.98 Å². The topological polar surface area (TPSA) is 79.9 Å². The molecule has 7 heteroatoms. The van der Waals surface area contributed by atoms with Crippen molar-refractivity contribution in [1.82, 2.24) is 20.5 Å². The Hall–Kier alpha value is -4.16. The lowest BCUT2D eigenvalue weighted by molar-refractivity contribution is 0.0952. The maximum absolute atomic E-state index is 13.5. The van der Waals surface area contributed by atoms with Crippen LogP contribution in [0.3, 0.4) is 0 Å². The fourth-order valence-corrected chi connectivity index (χ4v) is 4.06. The van der Waals surface area contributed by atoms with Gasteiger partial charge in [-0.1, -0.05) is 54.1 Å². The molecule has 35 heavy (non-hydrogen) atoms. The van der Waals surface area contributed by atoms with Crippen LogP contribution in [0.25, 0.3) is 33.5 Å². The molecule has 0 unspecified atom stereocenters. The van der Waals surface area contributed by atoms with Crippen molar-refractivity contribution in [2.45, 2.75) is 13.5 Å². The zero-order chi connectivity index (χ0) is 24.2. The smallest absolute Gasteiger partial charge is 0.252 e. The van der Waals surface area contributed by atoms with Gasteiger partial charge in [0.2, 0.25) is 0 Å². The van der Waals surface area contributed by atoms with Crippen LogP contribution in [0.4, 0.5) is 0 Å². The maximum Gasteiger partial charge on any atom is 0.252 e. The van der Waals surface area contributed by atoms with Crippen LogP contribution < -0.4 is 10.1 Å². The highest BCUT2D eigenvalue weighted by molar-refractivity contribution is 6.30. The summed E-state index contributed by atoms with van der Waals surface area (Å²) in [5.41, 5.74) is 5.07. The van der Waals surface area contributed by atoms with Crippen molar-refractivity contribution in [1.29, 1.82) is 0 Å². The number of carbonyl (C=O) groups is 1. The van der Waals surface area contributed by atoms with Crippen LogP contribution >= 0.6 is 11.6 Å². The van der Waals surface area contributed by atoms with Crippen molar-refractivity contribution in [2.24, 2.45) is 0 Å². The highest BCUT2D eigenvalue weighted by atomic mass is 35.5. The molecule has 0 saturated heterocycles. The molecule has 0 atom stereocenters. The Morgan fingerprint density at radius 3 is 2.40 bits per heavy atom. The molecule has 0 aliphatic carbocycles. The fourth-order valence-electron chi connectivity index (χ4n) is 3.94. The molecule has 0 spiro atoms. The lowest BCUT2D eigenvalue weighted by Gasteiger charge is -2.10. The molecule has 174 valence electrons. The first kappa shape index (κ1) is 22.6. The lowest BCUT2D eigenvalue weighted by atomic mass is 10.0. The molecule has 0 bridgehead atoms. The SMILES string of the molecule is CCOc1ccc(-c2cc(C(=O)NCc3ccccc3)c3c(-c4ccc(Cl)cc4)[nH]nc3n2)cc1. The van der Waals surface area contributed by atoms with Crippen LogP contribution in [0.2, 0.25) is 5.02 Å². The lowest BCUT2D eigenvalue weighted by Crippen LogP contribution is -2.23. The number of amides is 1. The van der Waals surface area contributed by atoms with Crippen LogP contribution in [0.15, 0.2) is 84.9 Å². The second-order valence-electron chi connectivity index (χ2n) is 7.98. The summed E-state index contributed by atoms with van der Waals surface area (Å²) in [6.07, 6.45) is 0. The molecule has 1 amide bonds. The number of rotatable bonds is 7. The van der Waals surface area contributed by atoms with E-state index in [9.17, 15) is 4.79 Å². The Kier molecular flexibility index (Phi) is 6.46. The van der Waals surface area contributed by atoms with Crippen molar-refractivity contribution >= 4 is 28.5 Å². The molecule has 0 aliphatic rings. The number of fused-ring (bicyclic) bond motifs is 1. The zero-order valence-corrected chi connectivity index (χ0v) is 19.8. The van der Waals surface area contributed by atoms with E-state index in [1.807, 2.05) is 79.7 Å². The summed E-state index contributed by atoms with van der Waals surface area (Å²) < 4.78 is 5.55. The van der Waals surface area contributed by atoms with E-state index in [0.717, 1.165) is 22.4 Å². The summed E-state index contributed by atoms with van der Waals surface area (Å²) in [6.45, 7) is 2.95. The van der Waals surface area contributed by atoms with E-state index in [4.69, 9.17) is 21.3 Å². The normalized spacial score (nSPS) is 10.9. The van der Waals surface area contributed by atoms with Gasteiger partial charge < -0.3 is 10.1 Å². The molecule has 5 rings (SSSR count). The van der Waals surface area contributed by atoms with Crippen molar-refractivity contribution in [3.8, 4) is 28.3 Å². The van der Waals surface area contributed by atoms with Gasteiger partial charge in [0.05, 0.1) is 28.9 Å². The number of pyridine rings is 1. The minimum Gasteiger partial charge on any atom is -0.494 e. The monoisotopic (exact) mass is 482 g/mol. The zero-order valence-electron chi connectivity index (χ0n) is 19.1.